The standard InChI is InChI=1S/C15H21NO/c1-16-10-12-6-2-3-7-13(12)14(11-16)15(17)8-4-5-9-15/h2-3,6-7,14,17H,4-5,8-11H2,1H3. The molecule has 0 amide bonds. The maximum atomic E-state index is 10.9. The van der Waals surface area contributed by atoms with E-state index >= 15 is 0 Å². The van der Waals surface area contributed by atoms with Gasteiger partial charge in [-0.1, -0.05) is 37.1 Å². The summed E-state index contributed by atoms with van der Waals surface area (Å²) in [5.41, 5.74) is 2.33. The van der Waals surface area contributed by atoms with Gasteiger partial charge in [-0.25, -0.2) is 0 Å². The van der Waals surface area contributed by atoms with Crippen molar-refractivity contribution >= 4 is 0 Å². The lowest BCUT2D eigenvalue weighted by atomic mass is 9.77. The fourth-order valence-corrected chi connectivity index (χ4v) is 3.58. The summed E-state index contributed by atoms with van der Waals surface area (Å²) >= 11 is 0. The van der Waals surface area contributed by atoms with Crippen molar-refractivity contribution in [3.05, 3.63) is 35.4 Å². The number of rotatable bonds is 1. The van der Waals surface area contributed by atoms with Crippen molar-refractivity contribution < 1.29 is 5.11 Å². The largest absolute Gasteiger partial charge is 0.389 e. The Bertz CT molecular complexity index is 409. The van der Waals surface area contributed by atoms with Gasteiger partial charge in [-0.15, -0.1) is 0 Å². The Labute approximate surface area is 103 Å². The van der Waals surface area contributed by atoms with Crippen LogP contribution in [0.2, 0.25) is 0 Å². The van der Waals surface area contributed by atoms with Crippen LogP contribution in [0.3, 0.4) is 0 Å². The second-order valence-electron chi connectivity index (χ2n) is 5.76. The molecule has 1 atom stereocenters. The molecule has 0 radical (unpaired) electrons. The third-order valence-electron chi connectivity index (χ3n) is 4.48. The summed E-state index contributed by atoms with van der Waals surface area (Å²) in [4.78, 5) is 2.34. The van der Waals surface area contributed by atoms with Crippen LogP contribution in [0.1, 0.15) is 42.7 Å². The van der Waals surface area contributed by atoms with E-state index in [0.717, 1.165) is 25.9 Å². The van der Waals surface area contributed by atoms with Gasteiger partial charge < -0.3 is 10.0 Å². The van der Waals surface area contributed by atoms with Gasteiger partial charge in [0.1, 0.15) is 0 Å². The Morgan fingerprint density at radius 1 is 1.24 bits per heavy atom. The zero-order valence-corrected chi connectivity index (χ0v) is 10.5. The molecule has 1 N–H and O–H groups in total. The van der Waals surface area contributed by atoms with Crippen LogP contribution in [0.5, 0.6) is 0 Å². The Kier molecular flexibility index (Phi) is 2.72. The molecule has 1 fully saturated rings. The zero-order chi connectivity index (χ0) is 11.9. The van der Waals surface area contributed by atoms with Crippen molar-refractivity contribution in [1.29, 1.82) is 0 Å². The van der Waals surface area contributed by atoms with Crippen LogP contribution in [0.4, 0.5) is 0 Å². The molecule has 1 aliphatic carbocycles. The highest BCUT2D eigenvalue weighted by Crippen LogP contribution is 2.44. The van der Waals surface area contributed by atoms with Gasteiger partial charge in [0.25, 0.3) is 0 Å². The molecule has 17 heavy (non-hydrogen) atoms. The Morgan fingerprint density at radius 2 is 1.94 bits per heavy atom. The number of likely N-dealkylation sites (N-methyl/N-ethyl adjacent to an activating group) is 1. The lowest BCUT2D eigenvalue weighted by Gasteiger charge is -2.40. The topological polar surface area (TPSA) is 23.5 Å². The van der Waals surface area contributed by atoms with Gasteiger partial charge in [-0.3, -0.25) is 0 Å². The summed E-state index contributed by atoms with van der Waals surface area (Å²) < 4.78 is 0. The monoisotopic (exact) mass is 231 g/mol. The molecule has 1 aromatic rings. The van der Waals surface area contributed by atoms with E-state index in [4.69, 9.17) is 0 Å². The van der Waals surface area contributed by atoms with Crippen LogP contribution in [-0.2, 0) is 6.54 Å². The molecule has 2 heteroatoms. The highest BCUT2D eigenvalue weighted by molar-refractivity contribution is 5.35. The molecule has 2 nitrogen and oxygen atoms in total. The number of hydrogen-bond donors (Lipinski definition) is 1. The van der Waals surface area contributed by atoms with E-state index in [0.29, 0.717) is 5.92 Å². The highest BCUT2D eigenvalue weighted by Gasteiger charge is 2.42. The molecule has 92 valence electrons. The van der Waals surface area contributed by atoms with Crippen molar-refractivity contribution in [1.82, 2.24) is 4.90 Å². The van der Waals surface area contributed by atoms with Crippen molar-refractivity contribution in [2.45, 2.75) is 43.7 Å². The Balaban J connectivity index is 2.00. The van der Waals surface area contributed by atoms with Gasteiger partial charge >= 0.3 is 0 Å². The van der Waals surface area contributed by atoms with Crippen LogP contribution in [0, 0.1) is 0 Å². The predicted molar refractivity (Wildman–Crippen MR) is 68.9 cm³/mol. The minimum atomic E-state index is -0.454. The maximum absolute atomic E-state index is 10.9. The molecule has 0 spiro atoms. The number of hydrogen-bond acceptors (Lipinski definition) is 2. The lowest BCUT2D eigenvalue weighted by Crippen LogP contribution is -2.43. The van der Waals surface area contributed by atoms with Crippen molar-refractivity contribution in [3.8, 4) is 0 Å². The molecular formula is C15H21NO. The molecule has 3 rings (SSSR count). The Morgan fingerprint density at radius 3 is 2.71 bits per heavy atom. The molecule has 1 aliphatic heterocycles. The van der Waals surface area contributed by atoms with Crippen LogP contribution >= 0.6 is 0 Å². The van der Waals surface area contributed by atoms with Crippen LogP contribution in [0.15, 0.2) is 24.3 Å². The summed E-state index contributed by atoms with van der Waals surface area (Å²) in [6, 6.07) is 8.63. The number of nitrogens with zero attached hydrogens (tertiary/aromatic N) is 1. The zero-order valence-electron chi connectivity index (χ0n) is 10.5. The number of fused-ring (bicyclic) bond motifs is 1. The molecule has 2 aliphatic rings. The minimum Gasteiger partial charge on any atom is -0.389 e. The first-order chi connectivity index (χ1) is 8.19. The van der Waals surface area contributed by atoms with E-state index in [1.54, 1.807) is 0 Å². The van der Waals surface area contributed by atoms with Gasteiger partial charge in [0, 0.05) is 19.0 Å². The SMILES string of the molecule is CN1Cc2ccccc2C(C2(O)CCCC2)C1. The summed E-state index contributed by atoms with van der Waals surface area (Å²) in [5, 5.41) is 10.9. The minimum absolute atomic E-state index is 0.306. The summed E-state index contributed by atoms with van der Waals surface area (Å²) in [6.07, 6.45) is 4.30. The first-order valence-corrected chi connectivity index (χ1v) is 6.68. The van der Waals surface area contributed by atoms with Gasteiger partial charge in [0.2, 0.25) is 0 Å². The average molecular weight is 231 g/mol. The van der Waals surface area contributed by atoms with Crippen molar-refractivity contribution in [2.24, 2.45) is 0 Å². The maximum Gasteiger partial charge on any atom is 0.0728 e. The van der Waals surface area contributed by atoms with E-state index in [-0.39, 0.29) is 0 Å². The van der Waals surface area contributed by atoms with Crippen LogP contribution in [-0.4, -0.2) is 29.2 Å². The smallest absolute Gasteiger partial charge is 0.0728 e. The van der Waals surface area contributed by atoms with Crippen molar-refractivity contribution in [2.75, 3.05) is 13.6 Å². The second-order valence-corrected chi connectivity index (χ2v) is 5.76. The van der Waals surface area contributed by atoms with E-state index in [1.807, 2.05) is 0 Å². The number of benzene rings is 1. The van der Waals surface area contributed by atoms with Crippen LogP contribution in [0.25, 0.3) is 0 Å². The molecule has 0 bridgehead atoms. The molecular weight excluding hydrogens is 210 g/mol. The summed E-state index contributed by atoms with van der Waals surface area (Å²) in [7, 11) is 2.15. The highest BCUT2D eigenvalue weighted by atomic mass is 16.3. The van der Waals surface area contributed by atoms with Gasteiger partial charge in [0.15, 0.2) is 0 Å². The average Bonchev–Trinajstić information content (AvgIpc) is 2.76. The predicted octanol–water partition coefficient (Wildman–Crippen LogP) is 2.52. The molecule has 1 saturated carbocycles. The molecule has 0 aromatic heterocycles. The van der Waals surface area contributed by atoms with E-state index < -0.39 is 5.60 Å². The normalized spacial score (nSPS) is 28.0. The Hall–Kier alpha value is -0.860. The summed E-state index contributed by atoms with van der Waals surface area (Å²) in [5.74, 6) is 0.306. The summed E-state index contributed by atoms with van der Waals surface area (Å²) in [6.45, 7) is 2.01. The molecule has 1 heterocycles. The van der Waals surface area contributed by atoms with Gasteiger partial charge in [0.05, 0.1) is 5.60 Å². The third kappa shape index (κ3) is 1.90. The molecule has 1 aromatic carbocycles. The van der Waals surface area contributed by atoms with Crippen molar-refractivity contribution in [3.63, 3.8) is 0 Å². The third-order valence-corrected chi connectivity index (χ3v) is 4.48. The van der Waals surface area contributed by atoms with Gasteiger partial charge in [-0.05, 0) is 31.0 Å². The fourth-order valence-electron chi connectivity index (χ4n) is 3.58. The first-order valence-electron chi connectivity index (χ1n) is 6.68. The van der Waals surface area contributed by atoms with E-state index in [9.17, 15) is 5.11 Å². The molecule has 1 unspecified atom stereocenters. The van der Waals surface area contributed by atoms with E-state index in [2.05, 4.69) is 36.2 Å². The van der Waals surface area contributed by atoms with Gasteiger partial charge in [-0.2, -0.15) is 0 Å². The van der Waals surface area contributed by atoms with E-state index in [1.165, 1.54) is 24.0 Å². The van der Waals surface area contributed by atoms with Crippen LogP contribution < -0.4 is 0 Å². The second kappa shape index (κ2) is 4.11. The first kappa shape index (κ1) is 11.2. The molecule has 0 saturated heterocycles. The number of aliphatic hydroxyl groups is 1. The quantitative estimate of drug-likeness (QED) is 0.803. The fraction of sp³-hybridized carbons (Fsp3) is 0.600. The lowest BCUT2D eigenvalue weighted by molar-refractivity contribution is 0.00330.